The number of hydrogen-bond donors (Lipinski definition) is 1. The van der Waals surface area contributed by atoms with Crippen molar-refractivity contribution < 1.29 is 9.90 Å². The Balaban J connectivity index is 1.64. The lowest BCUT2D eigenvalue weighted by molar-refractivity contribution is -0.168. The van der Waals surface area contributed by atoms with E-state index < -0.39 is 0 Å². The summed E-state index contributed by atoms with van der Waals surface area (Å²) in [4.78, 5) is 12.0. The molecule has 1 N–H and O–H groups in total. The highest BCUT2D eigenvalue weighted by Gasteiger charge is 2.63. The van der Waals surface area contributed by atoms with E-state index in [0.717, 1.165) is 37.0 Å². The minimum atomic E-state index is -0.0713. The third kappa shape index (κ3) is 2.07. The predicted molar refractivity (Wildman–Crippen MR) is 96.5 cm³/mol. The van der Waals surface area contributed by atoms with Crippen molar-refractivity contribution in [3.8, 4) is 0 Å². The molecule has 8 atom stereocenters. The second-order valence-corrected chi connectivity index (χ2v) is 10.6. The van der Waals surface area contributed by atoms with E-state index in [1.807, 2.05) is 0 Å². The molecule has 0 aliphatic heterocycles. The van der Waals surface area contributed by atoms with Crippen LogP contribution < -0.4 is 0 Å². The van der Waals surface area contributed by atoms with Gasteiger partial charge in [-0.2, -0.15) is 0 Å². The van der Waals surface area contributed by atoms with Crippen molar-refractivity contribution in [3.05, 3.63) is 0 Å². The molecule has 0 amide bonds. The van der Waals surface area contributed by atoms with Crippen LogP contribution in [0, 0.1) is 39.9 Å². The highest BCUT2D eigenvalue weighted by atomic mass is 16.3. The van der Waals surface area contributed by atoms with Crippen LogP contribution >= 0.6 is 0 Å². The topological polar surface area (TPSA) is 37.3 Å². The van der Waals surface area contributed by atoms with Gasteiger partial charge in [-0.25, -0.2) is 0 Å². The summed E-state index contributed by atoms with van der Waals surface area (Å²) >= 11 is 0. The SMILES string of the molecule is CC(=O)[C@@H]1CC[C@]2(C)[C@@H]3CC[C@]4(C)[C@H](CC[C@@H]4O)[C@@H]3CC[C@@]2(C)C1. The quantitative estimate of drug-likeness (QED) is 0.735. The van der Waals surface area contributed by atoms with Gasteiger partial charge in [-0.1, -0.05) is 20.8 Å². The fourth-order valence-electron chi connectivity index (χ4n) is 7.96. The van der Waals surface area contributed by atoms with Gasteiger partial charge in [0, 0.05) is 5.92 Å². The highest BCUT2D eigenvalue weighted by Crippen LogP contribution is 2.70. The van der Waals surface area contributed by atoms with Gasteiger partial charge in [0.15, 0.2) is 0 Å². The first-order valence-electron chi connectivity index (χ1n) is 10.4. The number of fused-ring (bicyclic) bond motifs is 5. The molecule has 2 heteroatoms. The van der Waals surface area contributed by atoms with Crippen molar-refractivity contribution in [1.29, 1.82) is 0 Å². The molecular weight excluding hydrogens is 296 g/mol. The van der Waals surface area contributed by atoms with Crippen LogP contribution in [-0.4, -0.2) is 17.0 Å². The van der Waals surface area contributed by atoms with Crippen molar-refractivity contribution in [3.63, 3.8) is 0 Å². The first kappa shape index (κ1) is 17.1. The van der Waals surface area contributed by atoms with Crippen LogP contribution in [0.5, 0.6) is 0 Å². The Morgan fingerprint density at radius 2 is 1.67 bits per heavy atom. The second kappa shape index (κ2) is 5.32. The predicted octanol–water partition coefficient (Wildman–Crippen LogP) is 4.99. The molecule has 136 valence electrons. The van der Waals surface area contributed by atoms with E-state index in [1.165, 1.54) is 38.5 Å². The van der Waals surface area contributed by atoms with Gasteiger partial charge in [-0.15, -0.1) is 0 Å². The van der Waals surface area contributed by atoms with Crippen molar-refractivity contribution >= 4 is 5.78 Å². The van der Waals surface area contributed by atoms with E-state index in [2.05, 4.69) is 20.8 Å². The van der Waals surface area contributed by atoms with E-state index in [1.54, 1.807) is 6.92 Å². The number of rotatable bonds is 1. The van der Waals surface area contributed by atoms with Crippen LogP contribution in [0.3, 0.4) is 0 Å². The van der Waals surface area contributed by atoms with Crippen molar-refractivity contribution in [2.45, 2.75) is 91.6 Å². The maximum Gasteiger partial charge on any atom is 0.132 e. The lowest BCUT2D eigenvalue weighted by Gasteiger charge is -2.65. The van der Waals surface area contributed by atoms with Crippen LogP contribution in [0.15, 0.2) is 0 Å². The first-order valence-corrected chi connectivity index (χ1v) is 10.4. The van der Waals surface area contributed by atoms with Crippen molar-refractivity contribution in [2.24, 2.45) is 39.9 Å². The standard InChI is InChI=1S/C22H36O2/c1-14(23)15-7-12-22(4)18-9-11-21(3)17(5-6-19(21)24)16(18)8-10-20(22,2)13-15/h15-19,24H,5-13H2,1-4H3/t15-,16+,17-,18-,19+,20+,21-,22-/m1/s1. The summed E-state index contributed by atoms with van der Waals surface area (Å²) < 4.78 is 0. The molecule has 0 radical (unpaired) electrons. The van der Waals surface area contributed by atoms with Gasteiger partial charge in [0.25, 0.3) is 0 Å². The van der Waals surface area contributed by atoms with Gasteiger partial charge in [0.1, 0.15) is 5.78 Å². The Kier molecular flexibility index (Phi) is 3.78. The maximum absolute atomic E-state index is 12.0. The van der Waals surface area contributed by atoms with Crippen LogP contribution in [0.1, 0.15) is 85.5 Å². The van der Waals surface area contributed by atoms with Crippen LogP contribution in [0.25, 0.3) is 0 Å². The number of ketones is 1. The molecule has 0 unspecified atom stereocenters. The average Bonchev–Trinajstić information content (AvgIpc) is 2.83. The Hall–Kier alpha value is -0.370. The fraction of sp³-hybridized carbons (Fsp3) is 0.955. The minimum absolute atomic E-state index is 0.0713. The average molecular weight is 333 g/mol. The van der Waals surface area contributed by atoms with Gasteiger partial charge in [0.05, 0.1) is 6.10 Å². The zero-order valence-electron chi connectivity index (χ0n) is 16.1. The lowest BCUT2D eigenvalue weighted by Crippen LogP contribution is -2.58. The number of aliphatic hydroxyl groups excluding tert-OH is 1. The Morgan fingerprint density at radius 3 is 2.38 bits per heavy atom. The third-order valence-corrected chi connectivity index (χ3v) is 9.90. The Labute approximate surface area is 147 Å². The number of aliphatic hydroxyl groups is 1. The molecule has 4 fully saturated rings. The zero-order chi connectivity index (χ0) is 17.3. The molecule has 4 aliphatic carbocycles. The summed E-state index contributed by atoms with van der Waals surface area (Å²) in [6.45, 7) is 9.23. The molecule has 24 heavy (non-hydrogen) atoms. The van der Waals surface area contributed by atoms with Gasteiger partial charge in [0.2, 0.25) is 0 Å². The molecule has 4 saturated carbocycles. The molecule has 0 heterocycles. The van der Waals surface area contributed by atoms with E-state index in [9.17, 15) is 9.90 Å². The van der Waals surface area contributed by atoms with Crippen molar-refractivity contribution in [1.82, 2.24) is 0 Å². The maximum atomic E-state index is 12.0. The Bertz CT molecular complexity index is 542. The molecule has 4 rings (SSSR count). The number of Topliss-reactive ketones (excluding diaryl/α,β-unsaturated/α-hetero) is 1. The second-order valence-electron chi connectivity index (χ2n) is 10.6. The Morgan fingerprint density at radius 1 is 0.917 bits per heavy atom. The summed E-state index contributed by atoms with van der Waals surface area (Å²) in [5, 5.41) is 10.6. The number of carbonyl (C=O) groups excluding carboxylic acids is 1. The molecule has 2 nitrogen and oxygen atoms in total. The smallest absolute Gasteiger partial charge is 0.132 e. The van der Waals surface area contributed by atoms with Crippen LogP contribution in [0.2, 0.25) is 0 Å². The molecular formula is C22H36O2. The van der Waals surface area contributed by atoms with Gasteiger partial charge >= 0.3 is 0 Å². The minimum Gasteiger partial charge on any atom is -0.393 e. The molecule has 0 saturated heterocycles. The van der Waals surface area contributed by atoms with E-state index >= 15 is 0 Å². The van der Waals surface area contributed by atoms with Crippen LogP contribution in [0.4, 0.5) is 0 Å². The normalized spacial score (nSPS) is 57.0. The van der Waals surface area contributed by atoms with E-state index in [4.69, 9.17) is 0 Å². The van der Waals surface area contributed by atoms with Gasteiger partial charge in [-0.05, 0) is 98.7 Å². The summed E-state index contributed by atoms with van der Waals surface area (Å²) in [6.07, 6.45) is 10.8. The van der Waals surface area contributed by atoms with E-state index in [-0.39, 0.29) is 11.5 Å². The number of carbonyl (C=O) groups is 1. The summed E-state index contributed by atoms with van der Waals surface area (Å²) in [5.41, 5.74) is 0.923. The molecule has 4 aliphatic rings. The molecule has 0 aromatic heterocycles. The summed E-state index contributed by atoms with van der Waals surface area (Å²) in [5.74, 6) is 3.08. The van der Waals surface area contributed by atoms with E-state index in [0.29, 0.717) is 22.5 Å². The summed E-state index contributed by atoms with van der Waals surface area (Å²) in [6, 6.07) is 0. The largest absolute Gasteiger partial charge is 0.393 e. The lowest BCUT2D eigenvalue weighted by atomic mass is 9.40. The van der Waals surface area contributed by atoms with Crippen molar-refractivity contribution in [2.75, 3.05) is 0 Å². The molecule has 0 bridgehead atoms. The molecule has 0 aromatic rings. The highest BCUT2D eigenvalue weighted by molar-refractivity contribution is 5.78. The monoisotopic (exact) mass is 332 g/mol. The number of hydrogen-bond acceptors (Lipinski definition) is 2. The molecule has 0 aromatic carbocycles. The van der Waals surface area contributed by atoms with Gasteiger partial charge in [-0.3, -0.25) is 4.79 Å². The molecule has 0 spiro atoms. The summed E-state index contributed by atoms with van der Waals surface area (Å²) in [7, 11) is 0. The van der Waals surface area contributed by atoms with Gasteiger partial charge < -0.3 is 5.11 Å². The van der Waals surface area contributed by atoms with Crippen LogP contribution in [-0.2, 0) is 4.79 Å². The third-order valence-electron chi connectivity index (χ3n) is 9.90. The first-order chi connectivity index (χ1) is 11.2. The zero-order valence-corrected chi connectivity index (χ0v) is 16.1. The fourth-order valence-corrected chi connectivity index (χ4v) is 7.96.